The fraction of sp³-hybridized carbons (Fsp3) is 0.385. The number of nitrogens with one attached hydrogen (secondary N) is 1. The third kappa shape index (κ3) is 4.08. The zero-order valence-electron chi connectivity index (χ0n) is 10.5. The van der Waals surface area contributed by atoms with E-state index in [1.807, 2.05) is 0 Å². The number of rotatable bonds is 3. The second kappa shape index (κ2) is 8.38. The summed E-state index contributed by atoms with van der Waals surface area (Å²) in [5.41, 5.74) is 0.585. The monoisotopic (exact) mass is 308 g/mol. The number of hydrogen-bond acceptors (Lipinski definition) is 3. The number of para-hydroxylation sites is 1. The Labute approximate surface area is 125 Å². The van der Waals surface area contributed by atoms with Crippen LogP contribution in [-0.4, -0.2) is 36.2 Å². The minimum atomic E-state index is -0.579. The Morgan fingerprint density at radius 1 is 1.32 bits per heavy atom. The normalized spacial score (nSPS) is 16.9. The number of aromatic hydroxyl groups is 1. The summed E-state index contributed by atoms with van der Waals surface area (Å²) in [4.78, 5) is 2.18. The summed E-state index contributed by atoms with van der Waals surface area (Å²) < 4.78 is 13.3. The first kappa shape index (κ1) is 18.2. The maximum absolute atomic E-state index is 13.3. The van der Waals surface area contributed by atoms with Gasteiger partial charge in [-0.25, -0.2) is 4.39 Å². The summed E-state index contributed by atoms with van der Waals surface area (Å²) in [7, 11) is 0. The molecule has 19 heavy (non-hydrogen) atoms. The lowest BCUT2D eigenvalue weighted by molar-refractivity contribution is 0.200. The molecule has 6 heteroatoms. The largest absolute Gasteiger partial charge is 0.505 e. The van der Waals surface area contributed by atoms with Crippen molar-refractivity contribution in [2.75, 3.05) is 26.2 Å². The molecule has 1 aliphatic heterocycles. The smallest absolute Gasteiger partial charge is 0.165 e. The van der Waals surface area contributed by atoms with Crippen molar-refractivity contribution >= 4 is 24.8 Å². The van der Waals surface area contributed by atoms with Gasteiger partial charge in [-0.05, 0) is 6.07 Å². The Hall–Kier alpha value is -0.810. The predicted molar refractivity (Wildman–Crippen MR) is 79.9 cm³/mol. The Bertz CT molecular complexity index is 412. The molecular formula is C13H19Cl2FN2O. The van der Waals surface area contributed by atoms with Gasteiger partial charge in [0.05, 0.1) is 6.04 Å². The van der Waals surface area contributed by atoms with Crippen LogP contribution in [0, 0.1) is 5.82 Å². The van der Waals surface area contributed by atoms with Crippen molar-refractivity contribution in [3.8, 4) is 5.75 Å². The van der Waals surface area contributed by atoms with E-state index in [2.05, 4.69) is 16.8 Å². The first-order valence-electron chi connectivity index (χ1n) is 5.78. The van der Waals surface area contributed by atoms with Crippen LogP contribution in [0.3, 0.4) is 0 Å². The Balaban J connectivity index is 0.00000162. The van der Waals surface area contributed by atoms with Gasteiger partial charge in [0.1, 0.15) is 0 Å². The molecule has 0 unspecified atom stereocenters. The van der Waals surface area contributed by atoms with Crippen molar-refractivity contribution in [1.29, 1.82) is 0 Å². The minimum Gasteiger partial charge on any atom is -0.505 e. The van der Waals surface area contributed by atoms with Gasteiger partial charge >= 0.3 is 0 Å². The van der Waals surface area contributed by atoms with E-state index in [1.165, 1.54) is 6.07 Å². The molecule has 0 spiro atoms. The van der Waals surface area contributed by atoms with Crippen molar-refractivity contribution < 1.29 is 9.50 Å². The summed E-state index contributed by atoms with van der Waals surface area (Å²) in [6.45, 7) is 7.33. The number of piperazine rings is 1. The molecule has 1 saturated heterocycles. The van der Waals surface area contributed by atoms with Crippen LogP contribution in [0.25, 0.3) is 0 Å². The highest BCUT2D eigenvalue weighted by Gasteiger charge is 2.22. The van der Waals surface area contributed by atoms with Crippen LogP contribution >= 0.6 is 24.8 Å². The molecule has 1 fully saturated rings. The van der Waals surface area contributed by atoms with E-state index in [-0.39, 0.29) is 36.6 Å². The predicted octanol–water partition coefficient (Wildman–Crippen LogP) is 2.51. The van der Waals surface area contributed by atoms with E-state index in [0.717, 1.165) is 26.2 Å². The zero-order valence-corrected chi connectivity index (χ0v) is 12.1. The maximum Gasteiger partial charge on any atom is 0.165 e. The lowest BCUT2D eigenvalue weighted by Gasteiger charge is -2.33. The number of halogens is 3. The molecule has 0 aromatic heterocycles. The van der Waals surface area contributed by atoms with Crippen molar-refractivity contribution in [2.24, 2.45) is 0 Å². The molecule has 1 aliphatic rings. The molecule has 0 aliphatic carbocycles. The van der Waals surface area contributed by atoms with Gasteiger partial charge in [-0.1, -0.05) is 18.2 Å². The van der Waals surface area contributed by atoms with Gasteiger partial charge < -0.3 is 10.4 Å². The number of hydrogen-bond donors (Lipinski definition) is 2. The molecule has 0 radical (unpaired) electrons. The van der Waals surface area contributed by atoms with Crippen LogP contribution in [0.1, 0.15) is 11.6 Å². The Morgan fingerprint density at radius 3 is 2.53 bits per heavy atom. The van der Waals surface area contributed by atoms with Crippen LogP contribution in [0.15, 0.2) is 30.9 Å². The number of nitrogens with zero attached hydrogens (tertiary/aromatic N) is 1. The Morgan fingerprint density at radius 2 is 1.95 bits per heavy atom. The van der Waals surface area contributed by atoms with Crippen molar-refractivity contribution in [3.05, 3.63) is 42.2 Å². The van der Waals surface area contributed by atoms with E-state index in [0.29, 0.717) is 5.56 Å². The summed E-state index contributed by atoms with van der Waals surface area (Å²) in [6, 6.07) is 4.49. The molecule has 0 amide bonds. The van der Waals surface area contributed by atoms with E-state index in [4.69, 9.17) is 0 Å². The van der Waals surface area contributed by atoms with Crippen LogP contribution in [0.5, 0.6) is 5.75 Å². The molecule has 1 aromatic carbocycles. The van der Waals surface area contributed by atoms with Gasteiger partial charge in [0.25, 0.3) is 0 Å². The second-order valence-corrected chi connectivity index (χ2v) is 4.14. The summed E-state index contributed by atoms with van der Waals surface area (Å²) in [5, 5.41) is 13.0. The number of benzene rings is 1. The molecule has 1 aromatic rings. The van der Waals surface area contributed by atoms with Gasteiger partial charge in [0.2, 0.25) is 0 Å². The molecular weight excluding hydrogens is 290 g/mol. The van der Waals surface area contributed by atoms with Gasteiger partial charge in [0, 0.05) is 31.7 Å². The molecule has 2 rings (SSSR count). The highest BCUT2D eigenvalue weighted by Crippen LogP contribution is 2.31. The molecule has 0 bridgehead atoms. The van der Waals surface area contributed by atoms with E-state index in [9.17, 15) is 9.50 Å². The quantitative estimate of drug-likeness (QED) is 0.842. The lowest BCUT2D eigenvalue weighted by atomic mass is 10.0. The molecule has 0 saturated carbocycles. The second-order valence-electron chi connectivity index (χ2n) is 4.14. The number of phenols is 1. The van der Waals surface area contributed by atoms with Crippen LogP contribution in [0.4, 0.5) is 4.39 Å². The van der Waals surface area contributed by atoms with Gasteiger partial charge in [-0.2, -0.15) is 0 Å². The average molecular weight is 309 g/mol. The lowest BCUT2D eigenvalue weighted by Crippen LogP contribution is -2.44. The van der Waals surface area contributed by atoms with E-state index in [1.54, 1.807) is 18.2 Å². The van der Waals surface area contributed by atoms with Crippen molar-refractivity contribution in [1.82, 2.24) is 10.2 Å². The van der Waals surface area contributed by atoms with Gasteiger partial charge in [-0.3, -0.25) is 4.90 Å². The summed E-state index contributed by atoms with van der Waals surface area (Å²) in [5.74, 6) is -0.847. The fourth-order valence-corrected chi connectivity index (χ4v) is 2.20. The highest BCUT2D eigenvalue weighted by molar-refractivity contribution is 5.85. The van der Waals surface area contributed by atoms with Crippen LogP contribution in [-0.2, 0) is 0 Å². The maximum atomic E-state index is 13.3. The molecule has 2 N–H and O–H groups in total. The van der Waals surface area contributed by atoms with E-state index < -0.39 is 5.82 Å². The van der Waals surface area contributed by atoms with Crippen molar-refractivity contribution in [2.45, 2.75) is 6.04 Å². The first-order chi connectivity index (χ1) is 8.24. The standard InChI is InChI=1S/C13H17FN2O.2ClH/c1-2-12(16-8-6-15-7-9-16)10-4-3-5-11(14)13(10)17;;/h2-5,12,15,17H,1,6-9H2;2*1H/t12-;;/m0../s1. The Kier molecular flexibility index (Phi) is 8.02. The fourth-order valence-electron chi connectivity index (χ4n) is 2.20. The average Bonchev–Trinajstić information content (AvgIpc) is 2.37. The topological polar surface area (TPSA) is 35.5 Å². The molecule has 1 atom stereocenters. The van der Waals surface area contributed by atoms with E-state index >= 15 is 0 Å². The highest BCUT2D eigenvalue weighted by atomic mass is 35.5. The summed E-state index contributed by atoms with van der Waals surface area (Å²) >= 11 is 0. The first-order valence-corrected chi connectivity index (χ1v) is 5.78. The molecule has 3 nitrogen and oxygen atoms in total. The van der Waals surface area contributed by atoms with Crippen LogP contribution in [0.2, 0.25) is 0 Å². The third-order valence-electron chi connectivity index (χ3n) is 3.10. The van der Waals surface area contributed by atoms with Crippen molar-refractivity contribution in [3.63, 3.8) is 0 Å². The van der Waals surface area contributed by atoms with Crippen LogP contribution < -0.4 is 5.32 Å². The number of phenolic OH excluding ortho intramolecular Hbond substituents is 1. The van der Waals surface area contributed by atoms with Gasteiger partial charge in [-0.15, -0.1) is 31.4 Å². The zero-order chi connectivity index (χ0) is 12.3. The molecule has 108 valence electrons. The minimum absolute atomic E-state index is 0. The summed E-state index contributed by atoms with van der Waals surface area (Å²) in [6.07, 6.45) is 1.75. The third-order valence-corrected chi connectivity index (χ3v) is 3.10. The van der Waals surface area contributed by atoms with Gasteiger partial charge in [0.15, 0.2) is 11.6 Å². The SMILES string of the molecule is C=C[C@@H](c1cccc(F)c1O)N1CCNCC1.Cl.Cl. The molecule has 1 heterocycles.